The first-order valence-corrected chi connectivity index (χ1v) is 9.38. The van der Waals surface area contributed by atoms with Crippen LogP contribution in [0.3, 0.4) is 0 Å². The Morgan fingerprint density at radius 1 is 1.28 bits per heavy atom. The van der Waals surface area contributed by atoms with E-state index >= 15 is 0 Å². The minimum Gasteiger partial charge on any atom is -0.352 e. The lowest BCUT2D eigenvalue weighted by Crippen LogP contribution is -2.37. The zero-order valence-electron chi connectivity index (χ0n) is 14.8. The smallest absolute Gasteiger partial charge is 0.253 e. The molecule has 1 aliphatic heterocycles. The van der Waals surface area contributed by atoms with Gasteiger partial charge in [0.2, 0.25) is 5.91 Å². The molecule has 3 rings (SSSR count). The monoisotopic (exact) mass is 357 g/mol. The Hall–Kier alpha value is -2.21. The molecule has 6 heteroatoms. The van der Waals surface area contributed by atoms with Gasteiger partial charge in [0.05, 0.1) is 9.88 Å². The van der Waals surface area contributed by atoms with Gasteiger partial charge in [0.15, 0.2) is 0 Å². The summed E-state index contributed by atoms with van der Waals surface area (Å²) in [6.45, 7) is 7.03. The molecule has 0 saturated carbocycles. The van der Waals surface area contributed by atoms with Gasteiger partial charge >= 0.3 is 0 Å². The average Bonchev–Trinajstić information content (AvgIpc) is 3.23. The van der Waals surface area contributed by atoms with E-state index in [9.17, 15) is 9.59 Å². The summed E-state index contributed by atoms with van der Waals surface area (Å²) in [4.78, 5) is 31.1. The molecular weight excluding hydrogens is 334 g/mol. The summed E-state index contributed by atoms with van der Waals surface area (Å²) in [5, 5.41) is 4.00. The second-order valence-corrected chi connectivity index (χ2v) is 7.79. The van der Waals surface area contributed by atoms with Gasteiger partial charge in [-0.2, -0.15) is 0 Å². The van der Waals surface area contributed by atoms with E-state index in [-0.39, 0.29) is 17.9 Å². The van der Waals surface area contributed by atoms with Crippen molar-refractivity contribution < 1.29 is 9.59 Å². The maximum atomic E-state index is 12.6. The Kier molecular flexibility index (Phi) is 5.18. The number of carbonyl (C=O) groups is 2. The molecule has 0 bridgehead atoms. The quantitative estimate of drug-likeness (QED) is 0.913. The molecule has 132 valence electrons. The van der Waals surface area contributed by atoms with Gasteiger partial charge in [-0.3, -0.25) is 9.59 Å². The van der Waals surface area contributed by atoms with Crippen molar-refractivity contribution in [1.82, 2.24) is 15.2 Å². The summed E-state index contributed by atoms with van der Waals surface area (Å²) < 4.78 is 0. The number of hydrogen-bond acceptors (Lipinski definition) is 4. The molecule has 0 aliphatic carbocycles. The Balaban J connectivity index is 1.67. The zero-order chi connectivity index (χ0) is 18.0. The Morgan fingerprint density at radius 3 is 2.60 bits per heavy atom. The van der Waals surface area contributed by atoms with Gasteiger partial charge in [-0.15, -0.1) is 11.3 Å². The molecule has 2 heterocycles. The molecule has 1 N–H and O–H groups in total. The number of carbonyl (C=O) groups excluding carboxylic acids is 2. The van der Waals surface area contributed by atoms with Gasteiger partial charge in [-0.05, 0) is 24.1 Å². The number of thiazole rings is 1. The zero-order valence-corrected chi connectivity index (χ0v) is 15.6. The lowest BCUT2D eigenvalue weighted by Gasteiger charge is -2.17. The lowest BCUT2D eigenvalue weighted by molar-refractivity contribution is -0.119. The molecule has 1 aromatic carbocycles. The van der Waals surface area contributed by atoms with Gasteiger partial charge in [0.1, 0.15) is 0 Å². The average molecular weight is 357 g/mol. The van der Waals surface area contributed by atoms with Crippen molar-refractivity contribution in [3.05, 3.63) is 41.0 Å². The number of nitrogens with zero attached hydrogens (tertiary/aromatic N) is 2. The first kappa shape index (κ1) is 17.6. The number of amides is 2. The standard InChI is InChI=1S/C19H23N3O2S/c1-12(2)18-20-10-17(25-18)14-4-6-15(7-5-14)19(24)22-9-8-16(11-22)21-13(3)23/h4-7,10,12,16H,8-9,11H2,1-3H3,(H,21,23). The summed E-state index contributed by atoms with van der Waals surface area (Å²) in [5.41, 5.74) is 1.76. The molecule has 2 amide bonds. The summed E-state index contributed by atoms with van der Waals surface area (Å²) in [6, 6.07) is 7.77. The Bertz CT molecular complexity index is 767. The first-order valence-electron chi connectivity index (χ1n) is 8.56. The summed E-state index contributed by atoms with van der Waals surface area (Å²) >= 11 is 1.69. The van der Waals surface area contributed by atoms with Crippen LogP contribution < -0.4 is 5.32 Å². The van der Waals surface area contributed by atoms with Crippen LogP contribution in [0.2, 0.25) is 0 Å². The predicted octanol–water partition coefficient (Wildman–Crippen LogP) is 3.28. The van der Waals surface area contributed by atoms with Crippen LogP contribution in [0.15, 0.2) is 30.5 Å². The number of likely N-dealkylation sites (tertiary alicyclic amines) is 1. The van der Waals surface area contributed by atoms with Crippen LogP contribution in [0.4, 0.5) is 0 Å². The topological polar surface area (TPSA) is 62.3 Å². The van der Waals surface area contributed by atoms with E-state index in [1.165, 1.54) is 6.92 Å². The highest BCUT2D eigenvalue weighted by atomic mass is 32.1. The third kappa shape index (κ3) is 4.07. The molecule has 5 nitrogen and oxygen atoms in total. The van der Waals surface area contributed by atoms with Crippen molar-refractivity contribution in [2.75, 3.05) is 13.1 Å². The van der Waals surface area contributed by atoms with Crippen LogP contribution in [-0.2, 0) is 4.79 Å². The molecule has 1 aromatic heterocycles. The molecule has 1 aliphatic rings. The van der Waals surface area contributed by atoms with Crippen LogP contribution in [0.25, 0.3) is 10.4 Å². The molecular formula is C19H23N3O2S. The van der Waals surface area contributed by atoms with Crippen LogP contribution in [-0.4, -0.2) is 40.8 Å². The van der Waals surface area contributed by atoms with Gasteiger partial charge in [0, 0.05) is 43.7 Å². The predicted molar refractivity (Wildman–Crippen MR) is 99.8 cm³/mol. The second-order valence-electron chi connectivity index (χ2n) is 6.73. The molecule has 1 atom stereocenters. The van der Waals surface area contributed by atoms with E-state index in [0.29, 0.717) is 24.6 Å². The highest BCUT2D eigenvalue weighted by molar-refractivity contribution is 7.15. The van der Waals surface area contributed by atoms with Crippen LogP contribution in [0, 0.1) is 0 Å². The number of rotatable bonds is 4. The molecule has 1 unspecified atom stereocenters. The van der Waals surface area contributed by atoms with Gasteiger partial charge in [-0.1, -0.05) is 26.0 Å². The number of aromatic nitrogens is 1. The normalized spacial score (nSPS) is 17.1. The van der Waals surface area contributed by atoms with E-state index in [1.807, 2.05) is 30.5 Å². The third-order valence-electron chi connectivity index (χ3n) is 4.32. The molecule has 0 radical (unpaired) electrons. The van der Waals surface area contributed by atoms with E-state index in [4.69, 9.17) is 0 Å². The van der Waals surface area contributed by atoms with E-state index in [2.05, 4.69) is 24.1 Å². The first-order chi connectivity index (χ1) is 11.9. The van der Waals surface area contributed by atoms with Gasteiger partial charge in [0.25, 0.3) is 5.91 Å². The highest BCUT2D eigenvalue weighted by Gasteiger charge is 2.27. The SMILES string of the molecule is CC(=O)NC1CCN(C(=O)c2ccc(-c3cnc(C(C)C)s3)cc2)C1. The third-order valence-corrected chi connectivity index (χ3v) is 5.66. The van der Waals surface area contributed by atoms with Crippen molar-refractivity contribution in [2.24, 2.45) is 0 Å². The Labute approximate surface area is 152 Å². The van der Waals surface area contributed by atoms with Crippen LogP contribution in [0.5, 0.6) is 0 Å². The van der Waals surface area contributed by atoms with Gasteiger partial charge < -0.3 is 10.2 Å². The van der Waals surface area contributed by atoms with E-state index < -0.39 is 0 Å². The fourth-order valence-corrected chi connectivity index (χ4v) is 3.92. The lowest BCUT2D eigenvalue weighted by atomic mass is 10.1. The van der Waals surface area contributed by atoms with E-state index in [0.717, 1.165) is 21.9 Å². The van der Waals surface area contributed by atoms with Crippen LogP contribution in [0.1, 0.15) is 48.5 Å². The fourth-order valence-electron chi connectivity index (χ4n) is 3.00. The highest BCUT2D eigenvalue weighted by Crippen LogP contribution is 2.30. The molecule has 1 fully saturated rings. The largest absolute Gasteiger partial charge is 0.352 e. The maximum Gasteiger partial charge on any atom is 0.253 e. The van der Waals surface area contributed by atoms with Crippen molar-refractivity contribution in [1.29, 1.82) is 0 Å². The van der Waals surface area contributed by atoms with Crippen molar-refractivity contribution in [3.8, 4) is 10.4 Å². The molecule has 1 saturated heterocycles. The van der Waals surface area contributed by atoms with Gasteiger partial charge in [-0.25, -0.2) is 4.98 Å². The van der Waals surface area contributed by atoms with Crippen LogP contribution >= 0.6 is 11.3 Å². The van der Waals surface area contributed by atoms with E-state index in [1.54, 1.807) is 16.2 Å². The number of hydrogen-bond donors (Lipinski definition) is 1. The van der Waals surface area contributed by atoms with Crippen molar-refractivity contribution in [3.63, 3.8) is 0 Å². The Morgan fingerprint density at radius 2 is 2.00 bits per heavy atom. The maximum absolute atomic E-state index is 12.6. The number of benzene rings is 1. The summed E-state index contributed by atoms with van der Waals surface area (Å²) in [6.07, 6.45) is 2.71. The molecule has 0 spiro atoms. The summed E-state index contributed by atoms with van der Waals surface area (Å²) in [7, 11) is 0. The van der Waals surface area contributed by atoms with Crippen molar-refractivity contribution >= 4 is 23.2 Å². The molecule has 2 aromatic rings. The minimum absolute atomic E-state index is 0.0200. The van der Waals surface area contributed by atoms with Crippen molar-refractivity contribution in [2.45, 2.75) is 39.2 Å². The summed E-state index contributed by atoms with van der Waals surface area (Å²) in [5.74, 6) is 0.395. The fraction of sp³-hybridized carbons (Fsp3) is 0.421. The molecule has 25 heavy (non-hydrogen) atoms. The minimum atomic E-state index is -0.0472. The second kappa shape index (κ2) is 7.35. The number of nitrogens with one attached hydrogen (secondary N) is 1.